The molecule has 0 aliphatic rings. The fourth-order valence-corrected chi connectivity index (χ4v) is 4.18. The molecule has 0 heterocycles. The van der Waals surface area contributed by atoms with Gasteiger partial charge in [0.2, 0.25) is 0 Å². The van der Waals surface area contributed by atoms with Crippen LogP contribution in [0.4, 0.5) is 0 Å². The predicted octanol–water partition coefficient (Wildman–Crippen LogP) is 9.06. The van der Waals surface area contributed by atoms with Gasteiger partial charge in [-0.2, -0.15) is 0 Å². The molecular weight excluding hydrogens is 463 g/mol. The van der Waals surface area contributed by atoms with Gasteiger partial charge in [-0.25, -0.2) is 4.57 Å². The van der Waals surface area contributed by atoms with Crippen LogP contribution in [0, 0.1) is 0 Å². The fraction of sp³-hybridized carbons (Fsp3) is 1.00. The van der Waals surface area contributed by atoms with Gasteiger partial charge in [-0.15, -0.1) is 0 Å². The van der Waals surface area contributed by atoms with Crippen molar-refractivity contribution in [3.05, 3.63) is 0 Å². The molecule has 0 spiro atoms. The predicted molar refractivity (Wildman–Crippen MR) is 149 cm³/mol. The second-order valence-corrected chi connectivity index (χ2v) is 10.8. The second-order valence-electron chi connectivity index (χ2n) is 9.78. The molecular formula is C28H61O6P. The van der Waals surface area contributed by atoms with Crippen LogP contribution in [0.5, 0.6) is 0 Å². The lowest BCUT2D eigenvalue weighted by molar-refractivity contribution is -0.144. The molecule has 0 aliphatic heterocycles. The molecule has 35 heavy (non-hydrogen) atoms. The van der Waals surface area contributed by atoms with Gasteiger partial charge < -0.3 is 24.2 Å². The highest BCUT2D eigenvalue weighted by atomic mass is 31.2. The van der Waals surface area contributed by atoms with Crippen LogP contribution in [0.15, 0.2) is 0 Å². The van der Waals surface area contributed by atoms with Crippen LogP contribution in [0.1, 0.15) is 162 Å². The summed E-state index contributed by atoms with van der Waals surface area (Å²) >= 11 is 0. The van der Waals surface area contributed by atoms with Crippen molar-refractivity contribution >= 4 is 7.82 Å². The van der Waals surface area contributed by atoms with Crippen molar-refractivity contribution in [1.29, 1.82) is 0 Å². The smallest absolute Gasteiger partial charge is 0.353 e. The Labute approximate surface area is 218 Å². The Bertz CT molecular complexity index is 421. The van der Waals surface area contributed by atoms with Crippen LogP contribution in [-0.2, 0) is 14.0 Å². The molecule has 0 fully saturated rings. The van der Waals surface area contributed by atoms with E-state index in [2.05, 4.69) is 20.8 Å². The Balaban J connectivity index is 0. The van der Waals surface area contributed by atoms with Crippen molar-refractivity contribution < 1.29 is 28.7 Å². The molecule has 0 bridgehead atoms. The van der Waals surface area contributed by atoms with Crippen LogP contribution < -0.4 is 0 Å². The zero-order valence-corrected chi connectivity index (χ0v) is 24.5. The first-order valence-electron chi connectivity index (χ1n) is 14.9. The third kappa shape index (κ3) is 41.4. The Kier molecular flexibility index (Phi) is 32.1. The first-order valence-corrected chi connectivity index (χ1v) is 16.4. The molecule has 0 saturated heterocycles. The summed E-state index contributed by atoms with van der Waals surface area (Å²) in [5, 5.41) is 0. The van der Waals surface area contributed by atoms with Gasteiger partial charge in [0.25, 0.3) is 0 Å². The van der Waals surface area contributed by atoms with Gasteiger partial charge >= 0.3 is 7.82 Å². The summed E-state index contributed by atoms with van der Waals surface area (Å²) < 4.78 is 20.7. The molecule has 1 atom stereocenters. The summed E-state index contributed by atoms with van der Waals surface area (Å²) in [4.78, 5) is 21.6. The van der Waals surface area contributed by atoms with Gasteiger partial charge in [-0.3, -0.25) is 0 Å². The lowest BCUT2D eigenvalue weighted by Gasteiger charge is -2.17. The highest BCUT2D eigenvalue weighted by Crippen LogP contribution is 2.25. The maximum Gasteiger partial charge on any atom is 0.466 e. The van der Waals surface area contributed by atoms with E-state index in [1.54, 1.807) is 0 Å². The van der Waals surface area contributed by atoms with Gasteiger partial charge in [-0.1, -0.05) is 136 Å². The topological polar surface area (TPSA) is 96.2 Å². The molecule has 7 heteroatoms. The minimum absolute atomic E-state index is 0.0344. The van der Waals surface area contributed by atoms with Crippen molar-refractivity contribution in [2.75, 3.05) is 13.2 Å². The van der Waals surface area contributed by atoms with Crippen molar-refractivity contribution in [2.24, 2.45) is 0 Å². The summed E-state index contributed by atoms with van der Waals surface area (Å²) in [6, 6.07) is 0. The average molecular weight is 525 g/mol. The van der Waals surface area contributed by atoms with Crippen molar-refractivity contribution in [1.82, 2.24) is 0 Å². The number of unbranched alkanes of at least 4 members (excludes halogenated alkanes) is 19. The SMILES string of the molecule is CCCCCCCCCCCCCOC(CCCCCCCCCCCC)OCC.O=P(O)(O)O. The Morgan fingerprint density at radius 1 is 0.514 bits per heavy atom. The molecule has 0 aromatic carbocycles. The van der Waals surface area contributed by atoms with Gasteiger partial charge in [-0.05, 0) is 26.2 Å². The highest BCUT2D eigenvalue weighted by molar-refractivity contribution is 7.45. The molecule has 0 saturated carbocycles. The third-order valence-corrected chi connectivity index (χ3v) is 6.20. The Hall–Kier alpha value is 0.0300. The molecule has 0 aromatic rings. The average Bonchev–Trinajstić information content (AvgIpc) is 2.79. The summed E-state index contributed by atoms with van der Waals surface area (Å²) in [7, 11) is -4.64. The second kappa shape index (κ2) is 30.3. The van der Waals surface area contributed by atoms with Crippen LogP contribution in [0.25, 0.3) is 0 Å². The molecule has 0 radical (unpaired) electrons. The normalized spacial score (nSPS) is 12.4. The van der Waals surface area contributed by atoms with Crippen LogP contribution in [0.3, 0.4) is 0 Å². The molecule has 3 N–H and O–H groups in total. The van der Waals surface area contributed by atoms with Gasteiger partial charge in [0.05, 0.1) is 0 Å². The van der Waals surface area contributed by atoms with E-state index in [0.717, 1.165) is 19.6 Å². The number of hydrogen-bond donors (Lipinski definition) is 3. The van der Waals surface area contributed by atoms with Crippen LogP contribution >= 0.6 is 7.82 Å². The maximum atomic E-state index is 8.88. The summed E-state index contributed by atoms with van der Waals surface area (Å²) in [6.45, 7) is 8.30. The monoisotopic (exact) mass is 524 g/mol. The van der Waals surface area contributed by atoms with Crippen molar-refractivity contribution in [2.45, 2.75) is 168 Å². The quantitative estimate of drug-likeness (QED) is 0.0593. The van der Waals surface area contributed by atoms with Gasteiger partial charge in [0.1, 0.15) is 0 Å². The van der Waals surface area contributed by atoms with Crippen LogP contribution in [0.2, 0.25) is 0 Å². The number of hydrogen-bond acceptors (Lipinski definition) is 3. The highest BCUT2D eigenvalue weighted by Gasteiger charge is 2.08. The third-order valence-electron chi connectivity index (χ3n) is 6.20. The molecule has 6 nitrogen and oxygen atoms in total. The molecule has 0 aromatic heterocycles. The van der Waals surface area contributed by atoms with E-state index in [9.17, 15) is 0 Å². The number of phosphoric acid groups is 1. The minimum atomic E-state index is -4.64. The van der Waals surface area contributed by atoms with Crippen molar-refractivity contribution in [3.8, 4) is 0 Å². The van der Waals surface area contributed by atoms with E-state index in [1.807, 2.05) is 0 Å². The molecule has 0 rings (SSSR count). The molecule has 0 aliphatic carbocycles. The number of ether oxygens (including phenoxy) is 2. The van der Waals surface area contributed by atoms with E-state index in [-0.39, 0.29) is 6.29 Å². The zero-order chi connectivity index (χ0) is 26.5. The minimum Gasteiger partial charge on any atom is -0.353 e. The molecule has 214 valence electrons. The van der Waals surface area contributed by atoms with Crippen molar-refractivity contribution in [3.63, 3.8) is 0 Å². The van der Waals surface area contributed by atoms with E-state index in [0.29, 0.717) is 0 Å². The van der Waals surface area contributed by atoms with Crippen LogP contribution in [-0.4, -0.2) is 34.2 Å². The zero-order valence-electron chi connectivity index (χ0n) is 23.6. The fourth-order valence-electron chi connectivity index (χ4n) is 4.18. The van der Waals surface area contributed by atoms with E-state index >= 15 is 0 Å². The molecule has 1 unspecified atom stereocenters. The van der Waals surface area contributed by atoms with E-state index in [4.69, 9.17) is 28.7 Å². The van der Waals surface area contributed by atoms with Gasteiger partial charge in [0.15, 0.2) is 6.29 Å². The Morgan fingerprint density at radius 2 is 0.829 bits per heavy atom. The summed E-state index contributed by atoms with van der Waals surface area (Å²) in [5.74, 6) is 0. The molecule has 0 amide bonds. The van der Waals surface area contributed by atoms with E-state index in [1.165, 1.54) is 135 Å². The van der Waals surface area contributed by atoms with Gasteiger partial charge in [0, 0.05) is 13.2 Å². The maximum absolute atomic E-state index is 8.88. The lowest BCUT2D eigenvalue weighted by Crippen LogP contribution is -2.18. The standard InChI is InChI=1S/C28H58O2.H3O4P/c1-4-7-9-11-13-15-17-19-21-23-25-27-30-28(29-6-3)26-24-22-20-18-16-14-12-10-8-5-2;1-5(2,3)4/h28H,4-27H2,1-3H3;(H3,1,2,3,4). The number of rotatable bonds is 26. The Morgan fingerprint density at radius 3 is 1.17 bits per heavy atom. The summed E-state index contributed by atoms with van der Waals surface area (Å²) in [5.41, 5.74) is 0. The first kappa shape index (κ1) is 37.2. The summed E-state index contributed by atoms with van der Waals surface area (Å²) in [6.07, 6.45) is 30.2. The lowest BCUT2D eigenvalue weighted by atomic mass is 10.1. The van der Waals surface area contributed by atoms with E-state index < -0.39 is 7.82 Å². The first-order chi connectivity index (χ1) is 16.8. The largest absolute Gasteiger partial charge is 0.466 e.